The molecule has 3 N–H and O–H groups in total. The van der Waals surface area contributed by atoms with E-state index in [0.29, 0.717) is 18.5 Å². The van der Waals surface area contributed by atoms with Gasteiger partial charge in [-0.15, -0.1) is 10.2 Å². The van der Waals surface area contributed by atoms with Crippen LogP contribution >= 0.6 is 0 Å². The number of aromatic nitrogens is 8. The molecular weight excluding hydrogens is 524 g/mol. The topological polar surface area (TPSA) is 163 Å². The molecular formula is C23H20F4N10O2. The van der Waals surface area contributed by atoms with Crippen molar-refractivity contribution in [1.82, 2.24) is 39.7 Å². The molecule has 3 aliphatic rings. The molecule has 4 aromatic heterocycles. The second kappa shape index (κ2) is 7.89. The largest absolute Gasteiger partial charge is 0.420 e. The molecule has 1 unspecified atom stereocenters. The van der Waals surface area contributed by atoms with Crippen molar-refractivity contribution in [2.24, 2.45) is 5.92 Å². The zero-order chi connectivity index (χ0) is 27.2. The van der Waals surface area contributed by atoms with E-state index in [-0.39, 0.29) is 77.8 Å². The summed E-state index contributed by atoms with van der Waals surface area (Å²) in [6.45, 7) is 0. The molecule has 0 radical (unpaired) electrons. The van der Waals surface area contributed by atoms with Crippen molar-refractivity contribution in [3.8, 4) is 11.5 Å². The molecule has 5 heterocycles. The van der Waals surface area contributed by atoms with Gasteiger partial charge in [0.1, 0.15) is 23.7 Å². The number of hydrogen-bond donors (Lipinski definition) is 2. The number of nitrogens with two attached hydrogens (primary N) is 1. The lowest BCUT2D eigenvalue weighted by atomic mass is 9.77. The zero-order valence-corrected chi connectivity index (χ0v) is 20.2. The third-order valence-corrected chi connectivity index (χ3v) is 7.38. The number of alkyl halides is 4. The fourth-order valence-corrected chi connectivity index (χ4v) is 5.19. The number of nitrogens with one attached hydrogen (secondary N) is 1. The molecule has 1 aliphatic heterocycles. The number of fused-ring (bicyclic) bond motifs is 2. The van der Waals surface area contributed by atoms with Gasteiger partial charge in [0, 0.05) is 6.42 Å². The van der Waals surface area contributed by atoms with Crippen molar-refractivity contribution < 1.29 is 26.8 Å². The smallest absolute Gasteiger partial charge is 0.389 e. The van der Waals surface area contributed by atoms with Crippen LogP contribution in [0, 0.1) is 5.92 Å². The monoisotopic (exact) mass is 544 g/mol. The summed E-state index contributed by atoms with van der Waals surface area (Å²) in [5.41, 5.74) is 4.32. The third kappa shape index (κ3) is 3.71. The minimum atomic E-state index is -4.30. The van der Waals surface area contributed by atoms with Crippen molar-refractivity contribution in [2.75, 3.05) is 11.1 Å². The first kappa shape index (κ1) is 23.8. The highest BCUT2D eigenvalue weighted by molar-refractivity contribution is 6.09. The summed E-state index contributed by atoms with van der Waals surface area (Å²) in [5.74, 6) is -0.821. The van der Waals surface area contributed by atoms with Crippen LogP contribution in [0.15, 0.2) is 16.9 Å². The van der Waals surface area contributed by atoms with Crippen LogP contribution in [-0.2, 0) is 22.3 Å². The number of rotatable bonds is 7. The van der Waals surface area contributed by atoms with E-state index in [2.05, 4.69) is 40.5 Å². The summed E-state index contributed by atoms with van der Waals surface area (Å²) in [5, 5.41) is 14.8. The van der Waals surface area contributed by atoms with Gasteiger partial charge in [0.05, 0.1) is 17.5 Å². The van der Waals surface area contributed by atoms with Gasteiger partial charge in [-0.1, -0.05) is 0 Å². The molecule has 1 atom stereocenters. The van der Waals surface area contributed by atoms with E-state index in [4.69, 9.17) is 10.2 Å². The zero-order valence-electron chi connectivity index (χ0n) is 20.2. The number of aryl methyl sites for hydroxylation is 1. The Labute approximate surface area is 216 Å². The van der Waals surface area contributed by atoms with E-state index in [1.807, 2.05) is 0 Å². The minimum absolute atomic E-state index is 0.00689. The molecule has 39 heavy (non-hydrogen) atoms. The molecule has 7 rings (SSSR count). The van der Waals surface area contributed by atoms with Crippen LogP contribution in [0.2, 0.25) is 0 Å². The van der Waals surface area contributed by atoms with Crippen LogP contribution < -0.4 is 11.1 Å². The molecule has 0 aromatic carbocycles. The number of carbonyl (C=O) groups excluding carboxylic acids is 1. The molecule has 12 nitrogen and oxygen atoms in total. The van der Waals surface area contributed by atoms with Crippen molar-refractivity contribution in [3.05, 3.63) is 35.6 Å². The molecule has 2 aliphatic carbocycles. The summed E-state index contributed by atoms with van der Waals surface area (Å²) in [4.78, 5) is 31.0. The molecule has 2 saturated carbocycles. The van der Waals surface area contributed by atoms with Crippen molar-refractivity contribution in [2.45, 2.75) is 62.2 Å². The van der Waals surface area contributed by atoms with Crippen molar-refractivity contribution in [3.63, 3.8) is 0 Å². The fourth-order valence-electron chi connectivity index (χ4n) is 5.19. The first-order chi connectivity index (χ1) is 18.6. The van der Waals surface area contributed by atoms with Gasteiger partial charge in [0.25, 0.3) is 5.89 Å². The highest BCUT2D eigenvalue weighted by Crippen LogP contribution is 2.58. The highest BCUT2D eigenvalue weighted by atomic mass is 19.4. The van der Waals surface area contributed by atoms with E-state index >= 15 is 0 Å². The molecule has 0 bridgehead atoms. The Morgan fingerprint density at radius 1 is 1.15 bits per heavy atom. The minimum Gasteiger partial charge on any atom is -0.420 e. The van der Waals surface area contributed by atoms with Crippen LogP contribution in [0.25, 0.3) is 17.2 Å². The standard InChI is InChI=1S/C23H20F4N10O2/c24-21(6-7-21)19-35-36-20(39-19)23(10-3-4-10)13-14(28)32-15(33-16(13)34-18(23)38)12-8-37-17(29-9-30-37)11(31-12)2-1-5-22(25,26)27/h8-10H,1-7H2,(H3,28,32,33,34,38). The van der Waals surface area contributed by atoms with Crippen LogP contribution in [0.3, 0.4) is 0 Å². The van der Waals surface area contributed by atoms with E-state index in [9.17, 15) is 22.4 Å². The second-order valence-corrected chi connectivity index (χ2v) is 10.1. The average Bonchev–Trinajstić information content (AvgIpc) is 3.69. The van der Waals surface area contributed by atoms with Gasteiger partial charge in [-0.2, -0.15) is 18.3 Å². The first-order valence-corrected chi connectivity index (χ1v) is 12.4. The predicted molar refractivity (Wildman–Crippen MR) is 124 cm³/mol. The molecule has 4 aromatic rings. The number of anilines is 2. The van der Waals surface area contributed by atoms with Gasteiger partial charge in [0.2, 0.25) is 11.8 Å². The molecule has 202 valence electrons. The van der Waals surface area contributed by atoms with Crippen LogP contribution in [-0.4, -0.2) is 51.8 Å². The summed E-state index contributed by atoms with van der Waals surface area (Å²) in [6, 6.07) is 0. The van der Waals surface area contributed by atoms with Crippen LogP contribution in [0.4, 0.5) is 29.2 Å². The fraction of sp³-hybridized carbons (Fsp3) is 0.478. The van der Waals surface area contributed by atoms with Gasteiger partial charge in [-0.05, 0) is 44.4 Å². The van der Waals surface area contributed by atoms with Gasteiger partial charge in [-0.3, -0.25) is 4.79 Å². The Morgan fingerprint density at radius 3 is 2.64 bits per heavy atom. The summed E-state index contributed by atoms with van der Waals surface area (Å²) in [6.07, 6.45) is -0.842. The molecule has 0 saturated heterocycles. The molecule has 1 amide bonds. The van der Waals surface area contributed by atoms with E-state index < -0.39 is 29.6 Å². The number of carbonyl (C=O) groups is 1. The van der Waals surface area contributed by atoms with E-state index in [1.165, 1.54) is 17.0 Å². The molecule has 0 spiro atoms. The highest BCUT2D eigenvalue weighted by Gasteiger charge is 2.64. The van der Waals surface area contributed by atoms with Gasteiger partial charge in [-0.25, -0.2) is 28.8 Å². The number of nitrogens with zero attached hydrogens (tertiary/aromatic N) is 8. The maximum absolute atomic E-state index is 14.6. The lowest BCUT2D eigenvalue weighted by Crippen LogP contribution is -2.39. The van der Waals surface area contributed by atoms with Gasteiger partial charge in [0.15, 0.2) is 22.6 Å². The summed E-state index contributed by atoms with van der Waals surface area (Å²) >= 11 is 0. The first-order valence-electron chi connectivity index (χ1n) is 12.4. The number of hydrogen-bond acceptors (Lipinski definition) is 10. The maximum Gasteiger partial charge on any atom is 0.389 e. The van der Waals surface area contributed by atoms with Crippen molar-refractivity contribution in [1.29, 1.82) is 0 Å². The summed E-state index contributed by atoms with van der Waals surface area (Å²) < 4.78 is 59.9. The second-order valence-electron chi connectivity index (χ2n) is 10.1. The maximum atomic E-state index is 14.6. The summed E-state index contributed by atoms with van der Waals surface area (Å²) in [7, 11) is 0. The van der Waals surface area contributed by atoms with Crippen LogP contribution in [0.5, 0.6) is 0 Å². The lowest BCUT2D eigenvalue weighted by molar-refractivity contribution is -0.135. The molecule has 2 fully saturated rings. The normalized spacial score (nSPS) is 21.8. The van der Waals surface area contributed by atoms with Crippen molar-refractivity contribution >= 4 is 23.2 Å². The van der Waals surface area contributed by atoms with E-state index in [0.717, 1.165) is 0 Å². The Balaban J connectivity index is 1.30. The number of amides is 1. The lowest BCUT2D eigenvalue weighted by Gasteiger charge is -2.23. The number of nitrogen functional groups attached to an aromatic ring is 1. The van der Waals surface area contributed by atoms with Gasteiger partial charge < -0.3 is 15.5 Å². The van der Waals surface area contributed by atoms with E-state index in [1.54, 1.807) is 0 Å². The Bertz CT molecular complexity index is 1640. The SMILES string of the molecule is Nc1nc(-c2cn3ncnc3c(CCCC(F)(F)F)n2)nc2c1C(c1nnc(C3(F)CC3)o1)(C1CC1)C(=O)N2. The third-order valence-electron chi connectivity index (χ3n) is 7.38. The predicted octanol–water partition coefficient (Wildman–Crippen LogP) is 3.04. The molecule has 16 heteroatoms. The van der Waals surface area contributed by atoms with Gasteiger partial charge >= 0.3 is 6.18 Å². The van der Waals surface area contributed by atoms with Crippen LogP contribution in [0.1, 0.15) is 61.6 Å². The Morgan fingerprint density at radius 2 is 1.92 bits per heavy atom. The Kier molecular flexibility index (Phi) is 4.82. The quantitative estimate of drug-likeness (QED) is 0.331. The average molecular weight is 544 g/mol. The number of halogens is 4. The Hall–Kier alpha value is -4.24.